The monoisotopic (exact) mass is 242 g/mol. The van der Waals surface area contributed by atoms with Gasteiger partial charge in [-0.1, -0.05) is 0 Å². The second-order valence-electron chi connectivity index (χ2n) is 4.11. The zero-order valence-corrected chi connectivity index (χ0v) is 11.0. The minimum Gasteiger partial charge on any atom is -0.305 e. The van der Waals surface area contributed by atoms with Crippen molar-refractivity contribution in [1.29, 1.82) is 0 Å². The Morgan fingerprint density at radius 2 is 2.47 bits per heavy atom. The van der Waals surface area contributed by atoms with E-state index in [0.29, 0.717) is 12.1 Å². The van der Waals surface area contributed by atoms with E-state index in [9.17, 15) is 0 Å². The molecule has 0 amide bonds. The van der Waals surface area contributed by atoms with Crippen LogP contribution in [0.25, 0.3) is 0 Å². The van der Waals surface area contributed by atoms with Gasteiger partial charge in [0.2, 0.25) is 0 Å². The van der Waals surface area contributed by atoms with Crippen LogP contribution in [0.15, 0.2) is 6.20 Å². The van der Waals surface area contributed by atoms with Crippen LogP contribution in [0.5, 0.6) is 0 Å². The number of thiazole rings is 1. The summed E-state index contributed by atoms with van der Waals surface area (Å²) in [5, 5.41) is 4.90. The molecule has 0 aromatic carbocycles. The highest BCUT2D eigenvalue weighted by Crippen LogP contribution is 2.23. The highest BCUT2D eigenvalue weighted by atomic mass is 32.2. The van der Waals surface area contributed by atoms with Gasteiger partial charge in [0.05, 0.1) is 6.04 Å². The maximum Gasteiger partial charge on any atom is 0.109 e. The number of aryl methyl sites for hydroxylation is 1. The number of hydrogen-bond acceptors (Lipinski definition) is 4. The normalized spacial score (nSPS) is 24.0. The largest absolute Gasteiger partial charge is 0.305 e. The average Bonchev–Trinajstić information content (AvgIpc) is 2.66. The van der Waals surface area contributed by atoms with Crippen LogP contribution in [-0.2, 0) is 0 Å². The van der Waals surface area contributed by atoms with Gasteiger partial charge < -0.3 is 5.32 Å². The lowest BCUT2D eigenvalue weighted by molar-refractivity contribution is 0.451. The Labute approximate surface area is 99.9 Å². The molecule has 1 aromatic rings. The van der Waals surface area contributed by atoms with Gasteiger partial charge in [0.25, 0.3) is 0 Å². The third kappa shape index (κ3) is 3.20. The van der Waals surface area contributed by atoms with E-state index in [-0.39, 0.29) is 0 Å². The molecule has 1 saturated heterocycles. The fourth-order valence-electron chi connectivity index (χ4n) is 1.87. The van der Waals surface area contributed by atoms with Crippen LogP contribution in [0.4, 0.5) is 0 Å². The van der Waals surface area contributed by atoms with Crippen LogP contribution in [0.1, 0.15) is 35.7 Å². The number of hydrogen-bond donors (Lipinski definition) is 1. The summed E-state index contributed by atoms with van der Waals surface area (Å²) in [7, 11) is 0. The lowest BCUT2D eigenvalue weighted by atomic mass is 10.1. The lowest BCUT2D eigenvalue weighted by Gasteiger charge is -2.25. The van der Waals surface area contributed by atoms with Gasteiger partial charge in [0.1, 0.15) is 5.01 Å². The summed E-state index contributed by atoms with van der Waals surface area (Å²) >= 11 is 3.87. The first-order valence-electron chi connectivity index (χ1n) is 5.52. The van der Waals surface area contributed by atoms with Crippen LogP contribution in [0.2, 0.25) is 0 Å². The number of thioether (sulfide) groups is 1. The molecule has 0 aliphatic carbocycles. The first kappa shape index (κ1) is 11.4. The zero-order chi connectivity index (χ0) is 10.7. The van der Waals surface area contributed by atoms with Gasteiger partial charge in [-0.3, -0.25) is 0 Å². The molecule has 1 aromatic heterocycles. The number of nitrogens with zero attached hydrogens (tertiary/aromatic N) is 1. The maximum atomic E-state index is 4.43. The van der Waals surface area contributed by atoms with Crippen LogP contribution >= 0.6 is 23.1 Å². The van der Waals surface area contributed by atoms with Gasteiger partial charge in [-0.15, -0.1) is 11.3 Å². The molecule has 2 heterocycles. The SMILES string of the molecule is Cc1cnc(C(C)NC2CCCSC2)s1. The first-order valence-corrected chi connectivity index (χ1v) is 7.49. The summed E-state index contributed by atoms with van der Waals surface area (Å²) in [5.74, 6) is 2.59. The molecule has 0 radical (unpaired) electrons. The lowest BCUT2D eigenvalue weighted by Crippen LogP contribution is -2.35. The second-order valence-corrected chi connectivity index (χ2v) is 6.53. The molecule has 2 unspecified atom stereocenters. The quantitative estimate of drug-likeness (QED) is 0.882. The van der Waals surface area contributed by atoms with E-state index in [0.717, 1.165) is 0 Å². The summed E-state index contributed by atoms with van der Waals surface area (Å²) in [4.78, 5) is 5.73. The first-order chi connectivity index (χ1) is 7.25. The summed E-state index contributed by atoms with van der Waals surface area (Å²) in [5.41, 5.74) is 0. The third-order valence-electron chi connectivity index (χ3n) is 2.66. The number of nitrogens with one attached hydrogen (secondary N) is 1. The minimum absolute atomic E-state index is 0.410. The molecule has 2 rings (SSSR count). The zero-order valence-electron chi connectivity index (χ0n) is 9.32. The van der Waals surface area contributed by atoms with Crippen LogP contribution < -0.4 is 5.32 Å². The fraction of sp³-hybridized carbons (Fsp3) is 0.727. The summed E-state index contributed by atoms with van der Waals surface area (Å²) in [6.07, 6.45) is 4.64. The molecule has 1 N–H and O–H groups in total. The number of rotatable bonds is 3. The van der Waals surface area contributed by atoms with Gasteiger partial charge in [-0.2, -0.15) is 11.8 Å². The highest BCUT2D eigenvalue weighted by molar-refractivity contribution is 7.99. The van der Waals surface area contributed by atoms with Gasteiger partial charge in [0.15, 0.2) is 0 Å². The van der Waals surface area contributed by atoms with E-state index in [2.05, 4.69) is 35.9 Å². The summed E-state index contributed by atoms with van der Waals surface area (Å²) in [6.45, 7) is 4.34. The Morgan fingerprint density at radius 1 is 1.60 bits per heavy atom. The van der Waals surface area contributed by atoms with Crippen molar-refractivity contribution in [2.45, 2.75) is 38.8 Å². The van der Waals surface area contributed by atoms with Crippen molar-refractivity contribution in [2.24, 2.45) is 0 Å². The van der Waals surface area contributed by atoms with E-state index >= 15 is 0 Å². The van der Waals surface area contributed by atoms with E-state index in [1.165, 1.54) is 34.2 Å². The van der Waals surface area contributed by atoms with Crippen molar-refractivity contribution < 1.29 is 0 Å². The van der Waals surface area contributed by atoms with Crippen molar-refractivity contribution in [3.05, 3.63) is 16.1 Å². The molecule has 15 heavy (non-hydrogen) atoms. The van der Waals surface area contributed by atoms with E-state index in [1.807, 2.05) is 6.20 Å². The molecule has 0 bridgehead atoms. The molecule has 1 aliphatic rings. The Hall–Kier alpha value is -0.0600. The predicted molar refractivity (Wildman–Crippen MR) is 68.7 cm³/mol. The topological polar surface area (TPSA) is 24.9 Å². The minimum atomic E-state index is 0.410. The fourth-order valence-corrected chi connectivity index (χ4v) is 3.74. The van der Waals surface area contributed by atoms with Crippen LogP contribution in [0.3, 0.4) is 0 Å². The molecule has 4 heteroatoms. The van der Waals surface area contributed by atoms with Crippen LogP contribution in [0, 0.1) is 6.92 Å². The van der Waals surface area contributed by atoms with Gasteiger partial charge >= 0.3 is 0 Å². The van der Waals surface area contributed by atoms with Crippen molar-refractivity contribution in [3.63, 3.8) is 0 Å². The molecule has 0 saturated carbocycles. The average molecular weight is 242 g/mol. The van der Waals surface area contributed by atoms with E-state index < -0.39 is 0 Å². The van der Waals surface area contributed by atoms with Crippen LogP contribution in [-0.4, -0.2) is 22.5 Å². The van der Waals surface area contributed by atoms with Gasteiger partial charge in [-0.25, -0.2) is 4.98 Å². The number of aromatic nitrogens is 1. The van der Waals surface area contributed by atoms with E-state index in [4.69, 9.17) is 0 Å². The highest BCUT2D eigenvalue weighted by Gasteiger charge is 2.17. The summed E-state index contributed by atoms with van der Waals surface area (Å²) in [6, 6.07) is 1.09. The smallest absolute Gasteiger partial charge is 0.109 e. The van der Waals surface area contributed by atoms with Crippen molar-refractivity contribution in [1.82, 2.24) is 10.3 Å². The van der Waals surface area contributed by atoms with E-state index in [1.54, 1.807) is 11.3 Å². The molecule has 84 valence electrons. The summed E-state index contributed by atoms with van der Waals surface area (Å²) < 4.78 is 0. The predicted octanol–water partition coefficient (Wildman–Crippen LogP) is 3.00. The molecular formula is C11H18N2S2. The van der Waals surface area contributed by atoms with Gasteiger partial charge in [0, 0.05) is 22.9 Å². The third-order valence-corrected chi connectivity index (χ3v) is 4.97. The second kappa shape index (κ2) is 5.32. The molecular weight excluding hydrogens is 224 g/mol. The molecule has 1 aliphatic heterocycles. The Balaban J connectivity index is 1.88. The molecule has 0 spiro atoms. The Morgan fingerprint density at radius 3 is 3.07 bits per heavy atom. The Kier molecular flexibility index (Phi) is 4.05. The molecule has 2 nitrogen and oxygen atoms in total. The molecule has 1 fully saturated rings. The van der Waals surface area contributed by atoms with Crippen molar-refractivity contribution in [3.8, 4) is 0 Å². The van der Waals surface area contributed by atoms with Crippen molar-refractivity contribution >= 4 is 23.1 Å². The van der Waals surface area contributed by atoms with Gasteiger partial charge in [-0.05, 0) is 32.4 Å². The Bertz CT molecular complexity index is 305. The van der Waals surface area contributed by atoms with Crippen molar-refractivity contribution in [2.75, 3.05) is 11.5 Å². The maximum absolute atomic E-state index is 4.43. The standard InChI is InChI=1S/C11H18N2S2/c1-8-6-12-11(15-8)9(2)13-10-4-3-5-14-7-10/h6,9-10,13H,3-5,7H2,1-2H3. The molecule has 2 atom stereocenters.